The van der Waals surface area contributed by atoms with E-state index in [9.17, 15) is 9.59 Å². The van der Waals surface area contributed by atoms with Gasteiger partial charge in [-0.1, -0.05) is 29.5 Å². The van der Waals surface area contributed by atoms with Crippen molar-refractivity contribution in [2.45, 2.75) is 51.1 Å². The Morgan fingerprint density at radius 1 is 1.20 bits per heavy atom. The van der Waals surface area contributed by atoms with E-state index in [0.717, 1.165) is 16.8 Å². The molecule has 0 atom stereocenters. The first kappa shape index (κ1) is 23.3. The van der Waals surface area contributed by atoms with Crippen LogP contribution in [0.15, 0.2) is 63.1 Å². The monoisotopic (exact) mass is 490 g/mol. The van der Waals surface area contributed by atoms with Crippen LogP contribution in [0.25, 0.3) is 16.7 Å². The zero-order chi connectivity index (χ0) is 24.6. The highest BCUT2D eigenvalue weighted by Crippen LogP contribution is 2.29. The van der Waals surface area contributed by atoms with Gasteiger partial charge >= 0.3 is 0 Å². The Morgan fingerprint density at radius 3 is 2.74 bits per heavy atom. The fourth-order valence-electron chi connectivity index (χ4n) is 3.98. The Morgan fingerprint density at radius 2 is 2.00 bits per heavy atom. The van der Waals surface area contributed by atoms with E-state index < -0.39 is 0 Å². The highest BCUT2D eigenvalue weighted by atomic mass is 32.2. The van der Waals surface area contributed by atoms with E-state index in [1.54, 1.807) is 23.0 Å². The molecule has 1 aliphatic rings. The lowest BCUT2D eigenvalue weighted by Gasteiger charge is -2.31. The first-order valence-corrected chi connectivity index (χ1v) is 12.4. The van der Waals surface area contributed by atoms with Crippen molar-refractivity contribution in [3.63, 3.8) is 0 Å². The molecule has 0 aliphatic carbocycles. The number of hydrogen-bond donors (Lipinski definition) is 1. The molecule has 1 aliphatic heterocycles. The number of nitrogens with zero attached hydrogens (tertiary/aromatic N) is 3. The molecule has 1 aromatic carbocycles. The summed E-state index contributed by atoms with van der Waals surface area (Å²) in [4.78, 5) is 35.7. The van der Waals surface area contributed by atoms with Crippen molar-refractivity contribution in [1.82, 2.24) is 19.9 Å². The predicted octanol–water partition coefficient (Wildman–Crippen LogP) is 3.94. The summed E-state index contributed by atoms with van der Waals surface area (Å²) in [7, 11) is 0. The van der Waals surface area contributed by atoms with Gasteiger partial charge < -0.3 is 14.5 Å². The summed E-state index contributed by atoms with van der Waals surface area (Å²) in [6, 6.07) is 13.1. The second-order valence-corrected chi connectivity index (χ2v) is 10.1. The average Bonchev–Trinajstić information content (AvgIpc) is 3.35. The number of thioether (sulfide) groups is 1. The number of rotatable bonds is 6. The van der Waals surface area contributed by atoms with E-state index >= 15 is 0 Å². The van der Waals surface area contributed by atoms with Crippen LogP contribution in [0.1, 0.15) is 36.4 Å². The van der Waals surface area contributed by atoms with Gasteiger partial charge in [0.15, 0.2) is 10.8 Å². The van der Waals surface area contributed by atoms with Crippen molar-refractivity contribution < 1.29 is 13.9 Å². The van der Waals surface area contributed by atoms with Crippen LogP contribution in [-0.4, -0.2) is 31.8 Å². The second kappa shape index (κ2) is 9.31. The molecule has 3 aromatic heterocycles. The molecule has 5 rings (SSSR count). The van der Waals surface area contributed by atoms with Crippen LogP contribution in [0.2, 0.25) is 0 Å². The molecule has 180 valence electrons. The number of amides is 1. The number of ether oxygens (including phenoxy) is 1. The summed E-state index contributed by atoms with van der Waals surface area (Å²) in [6.45, 7) is 6.73. The van der Waals surface area contributed by atoms with Crippen LogP contribution in [0.4, 0.5) is 0 Å². The van der Waals surface area contributed by atoms with Crippen LogP contribution in [0, 0.1) is 6.92 Å². The molecule has 0 radical (unpaired) electrons. The molecule has 0 unspecified atom stereocenters. The first-order chi connectivity index (χ1) is 16.8. The second-order valence-electron chi connectivity index (χ2n) is 9.21. The van der Waals surface area contributed by atoms with E-state index in [0.29, 0.717) is 47.2 Å². The molecule has 1 N–H and O–H groups in total. The summed E-state index contributed by atoms with van der Waals surface area (Å²) in [5, 5.41) is 3.67. The van der Waals surface area contributed by atoms with Gasteiger partial charge in [0.25, 0.3) is 5.56 Å². The smallest absolute Gasteiger partial charge is 0.268 e. The van der Waals surface area contributed by atoms with Gasteiger partial charge in [0.05, 0.1) is 47.5 Å². The van der Waals surface area contributed by atoms with Crippen LogP contribution in [0.5, 0.6) is 0 Å². The third-order valence-electron chi connectivity index (χ3n) is 5.87. The summed E-state index contributed by atoms with van der Waals surface area (Å²) in [5.41, 5.74) is 3.39. The van der Waals surface area contributed by atoms with Crippen LogP contribution in [-0.2, 0) is 29.1 Å². The average molecular weight is 491 g/mol. The summed E-state index contributed by atoms with van der Waals surface area (Å²) in [5.74, 6) is 0.578. The lowest BCUT2D eigenvalue weighted by Crippen LogP contribution is -2.33. The van der Waals surface area contributed by atoms with Gasteiger partial charge in [-0.3, -0.25) is 14.2 Å². The minimum atomic E-state index is -0.325. The van der Waals surface area contributed by atoms with Crippen molar-refractivity contribution in [3.05, 3.63) is 81.7 Å². The molecule has 0 saturated carbocycles. The minimum absolute atomic E-state index is 0.0936. The van der Waals surface area contributed by atoms with Crippen LogP contribution < -0.4 is 10.9 Å². The predicted molar refractivity (Wildman–Crippen MR) is 134 cm³/mol. The zero-order valence-corrected chi connectivity index (χ0v) is 20.6. The maximum absolute atomic E-state index is 13.7. The Hall–Kier alpha value is -3.43. The minimum Gasteiger partial charge on any atom is -0.467 e. The molecule has 35 heavy (non-hydrogen) atoms. The largest absolute Gasteiger partial charge is 0.467 e. The molecule has 0 saturated heterocycles. The molecule has 9 heteroatoms. The molecule has 0 bridgehead atoms. The zero-order valence-electron chi connectivity index (χ0n) is 19.8. The van der Waals surface area contributed by atoms with Crippen molar-refractivity contribution in [2.75, 3.05) is 5.75 Å². The lowest BCUT2D eigenvalue weighted by molar-refractivity contribution is -0.118. The molecular weight excluding hydrogens is 464 g/mol. The summed E-state index contributed by atoms with van der Waals surface area (Å²) < 4.78 is 12.7. The van der Waals surface area contributed by atoms with E-state index in [1.165, 1.54) is 11.8 Å². The highest BCUT2D eigenvalue weighted by Gasteiger charge is 2.28. The molecule has 0 spiro atoms. The van der Waals surface area contributed by atoms with Gasteiger partial charge in [0, 0.05) is 12.0 Å². The molecule has 8 nitrogen and oxygen atoms in total. The standard InChI is InChI=1S/C26H26N4O4S/c1-16-6-8-18(9-7-16)30-24(32)20-11-17-14-34-26(2,3)12-21(17)28-23(20)29-25(30)35-15-22(31)27-13-19-5-4-10-33-19/h4-11H,12-15H2,1-3H3,(H,27,31). The van der Waals surface area contributed by atoms with Crippen LogP contribution in [0.3, 0.4) is 0 Å². The number of benzene rings is 1. The maximum atomic E-state index is 13.7. The molecular formula is C26H26N4O4S. The third kappa shape index (κ3) is 5.01. The van der Waals surface area contributed by atoms with E-state index in [1.807, 2.05) is 51.1 Å². The van der Waals surface area contributed by atoms with Crippen molar-refractivity contribution in [1.29, 1.82) is 0 Å². The summed E-state index contributed by atoms with van der Waals surface area (Å²) >= 11 is 1.20. The number of hydrogen-bond acceptors (Lipinski definition) is 7. The number of aryl methyl sites for hydroxylation is 1. The maximum Gasteiger partial charge on any atom is 0.268 e. The Balaban J connectivity index is 1.52. The first-order valence-electron chi connectivity index (χ1n) is 11.4. The molecule has 4 heterocycles. The van der Waals surface area contributed by atoms with Gasteiger partial charge in [-0.25, -0.2) is 9.97 Å². The van der Waals surface area contributed by atoms with E-state index in [2.05, 4.69) is 5.32 Å². The molecule has 1 amide bonds. The van der Waals surface area contributed by atoms with Gasteiger partial charge in [0.1, 0.15) is 5.76 Å². The van der Waals surface area contributed by atoms with Gasteiger partial charge in [0.2, 0.25) is 5.91 Å². The van der Waals surface area contributed by atoms with Gasteiger partial charge in [-0.05, 0) is 51.1 Å². The van der Waals surface area contributed by atoms with Crippen LogP contribution >= 0.6 is 11.8 Å². The fraction of sp³-hybridized carbons (Fsp3) is 0.308. The summed E-state index contributed by atoms with van der Waals surface area (Å²) in [6.07, 6.45) is 2.20. The van der Waals surface area contributed by atoms with Crippen molar-refractivity contribution in [2.24, 2.45) is 0 Å². The number of carbonyl (C=O) groups is 1. The number of nitrogens with one attached hydrogen (secondary N) is 1. The van der Waals surface area contributed by atoms with Gasteiger partial charge in [-0.15, -0.1) is 0 Å². The number of pyridine rings is 1. The van der Waals surface area contributed by atoms with E-state index in [-0.39, 0.29) is 22.8 Å². The Labute approximate surface area is 206 Å². The van der Waals surface area contributed by atoms with Crippen molar-refractivity contribution in [3.8, 4) is 5.69 Å². The molecule has 4 aromatic rings. The topological polar surface area (TPSA) is 99.3 Å². The van der Waals surface area contributed by atoms with Gasteiger partial charge in [-0.2, -0.15) is 0 Å². The Bertz CT molecular complexity index is 1440. The number of fused-ring (bicyclic) bond motifs is 2. The molecule has 0 fully saturated rings. The number of aromatic nitrogens is 3. The third-order valence-corrected chi connectivity index (χ3v) is 6.81. The lowest BCUT2D eigenvalue weighted by atomic mass is 9.95. The van der Waals surface area contributed by atoms with Crippen molar-refractivity contribution >= 4 is 28.7 Å². The number of furan rings is 1. The normalized spacial score (nSPS) is 14.6. The Kier molecular flexibility index (Phi) is 6.21. The number of carbonyl (C=O) groups excluding carboxylic acids is 1. The van der Waals surface area contributed by atoms with E-state index in [4.69, 9.17) is 19.1 Å². The fourth-order valence-corrected chi connectivity index (χ4v) is 4.81. The highest BCUT2D eigenvalue weighted by molar-refractivity contribution is 7.99. The SMILES string of the molecule is Cc1ccc(-n2c(SCC(=O)NCc3ccco3)nc3nc4c(cc3c2=O)COC(C)(C)C4)cc1. The quantitative estimate of drug-likeness (QED) is 0.323.